The second-order valence-corrected chi connectivity index (χ2v) is 7.45. The van der Waals surface area contributed by atoms with E-state index in [0.717, 1.165) is 17.8 Å². The highest BCUT2D eigenvalue weighted by molar-refractivity contribution is 5.75. The van der Waals surface area contributed by atoms with Crippen LogP contribution >= 0.6 is 0 Å². The Balaban J connectivity index is 1.33. The Morgan fingerprint density at radius 2 is 1.81 bits per heavy atom. The number of aromatic nitrogens is 1. The minimum absolute atomic E-state index is 0.0672. The maximum absolute atomic E-state index is 13.3. The molecule has 2 amide bonds. The number of aromatic hydroxyl groups is 1. The van der Waals surface area contributed by atoms with Crippen molar-refractivity contribution in [2.75, 3.05) is 31.1 Å². The Labute approximate surface area is 182 Å². The lowest BCUT2D eigenvalue weighted by molar-refractivity contribution is 0.194. The molecule has 32 heavy (non-hydrogen) atoms. The number of amides is 2. The van der Waals surface area contributed by atoms with Gasteiger partial charge in [-0.15, -0.1) is 0 Å². The number of rotatable bonds is 4. The van der Waals surface area contributed by atoms with Gasteiger partial charge in [0.15, 0.2) is 29.1 Å². The fraction of sp³-hybridized carbons (Fsp3) is 0.273. The average molecular weight is 446 g/mol. The van der Waals surface area contributed by atoms with Gasteiger partial charge in [0.25, 0.3) is 0 Å². The molecule has 2 heterocycles. The summed E-state index contributed by atoms with van der Waals surface area (Å²) in [4.78, 5) is 20.0. The van der Waals surface area contributed by atoms with Crippen molar-refractivity contribution in [2.24, 2.45) is 0 Å². The van der Waals surface area contributed by atoms with Crippen LogP contribution in [0.15, 0.2) is 40.9 Å². The van der Waals surface area contributed by atoms with E-state index in [2.05, 4.69) is 10.3 Å². The SMILES string of the molecule is Cc1ncc(-c2ccc(N3CCN(C(=O)NCc4cc(F)c(F)c(F)c4)CC3)cc2O)o1. The van der Waals surface area contributed by atoms with E-state index in [1.165, 1.54) is 0 Å². The lowest BCUT2D eigenvalue weighted by Gasteiger charge is -2.36. The molecule has 7 nitrogen and oxygen atoms in total. The molecule has 1 fully saturated rings. The van der Waals surface area contributed by atoms with Gasteiger partial charge in [-0.1, -0.05) is 0 Å². The lowest BCUT2D eigenvalue weighted by Crippen LogP contribution is -2.51. The number of nitrogens with one attached hydrogen (secondary N) is 1. The van der Waals surface area contributed by atoms with Crippen molar-refractivity contribution < 1.29 is 27.5 Å². The average Bonchev–Trinajstić information content (AvgIpc) is 3.21. The number of carbonyl (C=O) groups is 1. The lowest BCUT2D eigenvalue weighted by atomic mass is 10.1. The predicted molar refractivity (Wildman–Crippen MR) is 111 cm³/mol. The van der Waals surface area contributed by atoms with Crippen molar-refractivity contribution in [3.05, 3.63) is 65.4 Å². The molecule has 10 heteroatoms. The summed E-state index contributed by atoms with van der Waals surface area (Å²) >= 11 is 0. The number of anilines is 1. The fourth-order valence-corrected chi connectivity index (χ4v) is 3.58. The molecule has 1 saturated heterocycles. The summed E-state index contributed by atoms with van der Waals surface area (Å²) in [5.74, 6) is -3.07. The maximum Gasteiger partial charge on any atom is 0.317 e. The summed E-state index contributed by atoms with van der Waals surface area (Å²) in [5.41, 5.74) is 1.48. The molecule has 0 atom stereocenters. The maximum atomic E-state index is 13.3. The number of halogens is 3. The Bertz CT molecular complexity index is 1120. The first-order valence-corrected chi connectivity index (χ1v) is 9.99. The molecule has 1 aromatic heterocycles. The highest BCUT2D eigenvalue weighted by Crippen LogP contribution is 2.33. The smallest absolute Gasteiger partial charge is 0.317 e. The Hall–Kier alpha value is -3.69. The highest BCUT2D eigenvalue weighted by atomic mass is 19.2. The summed E-state index contributed by atoms with van der Waals surface area (Å²) in [6, 6.07) is 6.58. The van der Waals surface area contributed by atoms with Crippen LogP contribution in [0.3, 0.4) is 0 Å². The van der Waals surface area contributed by atoms with Gasteiger partial charge in [-0.2, -0.15) is 0 Å². The molecule has 2 aromatic carbocycles. The number of urea groups is 1. The summed E-state index contributed by atoms with van der Waals surface area (Å²) in [7, 11) is 0. The summed E-state index contributed by atoms with van der Waals surface area (Å²) in [6.07, 6.45) is 1.55. The molecule has 2 N–H and O–H groups in total. The second kappa shape index (κ2) is 8.81. The summed E-state index contributed by atoms with van der Waals surface area (Å²) in [5, 5.41) is 13.0. The van der Waals surface area contributed by atoms with Crippen LogP contribution < -0.4 is 10.2 Å². The van der Waals surface area contributed by atoms with E-state index in [0.29, 0.717) is 43.4 Å². The predicted octanol–water partition coefficient (Wildman–Crippen LogP) is 3.80. The van der Waals surface area contributed by atoms with Gasteiger partial charge in [0.05, 0.1) is 11.8 Å². The van der Waals surface area contributed by atoms with Crippen LogP contribution in [0.2, 0.25) is 0 Å². The van der Waals surface area contributed by atoms with E-state index in [1.807, 2.05) is 11.0 Å². The van der Waals surface area contributed by atoms with Crippen molar-refractivity contribution >= 4 is 11.7 Å². The molecule has 168 valence electrons. The quantitative estimate of drug-likeness (QED) is 0.596. The van der Waals surface area contributed by atoms with E-state index >= 15 is 0 Å². The van der Waals surface area contributed by atoms with Crippen molar-refractivity contribution in [3.8, 4) is 17.1 Å². The third kappa shape index (κ3) is 4.48. The molecule has 0 aliphatic carbocycles. The van der Waals surface area contributed by atoms with Crippen molar-refractivity contribution in [1.29, 1.82) is 0 Å². The Morgan fingerprint density at radius 1 is 1.12 bits per heavy atom. The zero-order valence-electron chi connectivity index (χ0n) is 17.2. The fourth-order valence-electron chi connectivity index (χ4n) is 3.58. The first-order valence-electron chi connectivity index (χ1n) is 9.99. The molecule has 0 saturated carbocycles. The largest absolute Gasteiger partial charge is 0.507 e. The monoisotopic (exact) mass is 446 g/mol. The van der Waals surface area contributed by atoms with E-state index in [4.69, 9.17) is 4.42 Å². The molecule has 0 spiro atoms. The first kappa shape index (κ1) is 21.5. The number of aryl methyl sites for hydroxylation is 1. The van der Waals surface area contributed by atoms with Crippen LogP contribution in [0.4, 0.5) is 23.7 Å². The number of phenolic OH excluding ortho intramolecular Hbond substituents is 1. The standard InChI is InChI=1S/C22H21F3N4O3/c1-13-26-12-20(32-13)16-3-2-15(10-19(16)30)28-4-6-29(7-5-28)22(31)27-11-14-8-17(23)21(25)18(24)9-14/h2-3,8-10,12,30H,4-7,11H2,1H3,(H,27,31). The van der Waals surface area contributed by atoms with Gasteiger partial charge in [0.2, 0.25) is 0 Å². The van der Waals surface area contributed by atoms with Crippen LogP contribution in [0.25, 0.3) is 11.3 Å². The van der Waals surface area contributed by atoms with Crippen molar-refractivity contribution in [2.45, 2.75) is 13.5 Å². The minimum atomic E-state index is -1.54. The molecular weight excluding hydrogens is 425 g/mol. The Morgan fingerprint density at radius 3 is 2.41 bits per heavy atom. The van der Waals surface area contributed by atoms with Gasteiger partial charge in [0.1, 0.15) is 5.75 Å². The number of carbonyl (C=O) groups excluding carboxylic acids is 1. The van der Waals surface area contributed by atoms with Crippen LogP contribution in [-0.2, 0) is 6.54 Å². The molecule has 0 unspecified atom stereocenters. The molecular formula is C22H21F3N4O3. The summed E-state index contributed by atoms with van der Waals surface area (Å²) < 4.78 is 45.1. The second-order valence-electron chi connectivity index (χ2n) is 7.45. The number of nitrogens with zero attached hydrogens (tertiary/aromatic N) is 3. The number of hydrogen-bond acceptors (Lipinski definition) is 5. The zero-order valence-corrected chi connectivity index (χ0v) is 17.2. The van der Waals surface area contributed by atoms with Gasteiger partial charge in [-0.3, -0.25) is 0 Å². The number of hydrogen-bond donors (Lipinski definition) is 2. The topological polar surface area (TPSA) is 81.8 Å². The highest BCUT2D eigenvalue weighted by Gasteiger charge is 2.22. The molecule has 1 aliphatic heterocycles. The van der Waals surface area contributed by atoms with Gasteiger partial charge in [-0.05, 0) is 29.8 Å². The molecule has 3 aromatic rings. The van der Waals surface area contributed by atoms with Crippen LogP contribution in [0.5, 0.6) is 5.75 Å². The Kier molecular flexibility index (Phi) is 5.93. The van der Waals surface area contributed by atoms with Gasteiger partial charge >= 0.3 is 6.03 Å². The third-order valence-electron chi connectivity index (χ3n) is 5.29. The van der Waals surface area contributed by atoms with Crippen molar-refractivity contribution in [1.82, 2.24) is 15.2 Å². The molecule has 0 radical (unpaired) electrons. The minimum Gasteiger partial charge on any atom is -0.507 e. The first-order chi connectivity index (χ1) is 15.3. The van der Waals surface area contributed by atoms with Gasteiger partial charge in [0, 0.05) is 51.4 Å². The normalized spacial score (nSPS) is 14.0. The van der Waals surface area contributed by atoms with Gasteiger partial charge in [-0.25, -0.2) is 22.9 Å². The molecule has 4 rings (SSSR count). The van der Waals surface area contributed by atoms with E-state index in [1.54, 1.807) is 30.2 Å². The zero-order chi connectivity index (χ0) is 22.8. The van der Waals surface area contributed by atoms with E-state index < -0.39 is 17.5 Å². The molecule has 0 bridgehead atoms. The van der Waals surface area contributed by atoms with Gasteiger partial charge < -0.3 is 24.6 Å². The van der Waals surface area contributed by atoms with E-state index in [-0.39, 0.29) is 23.9 Å². The van der Waals surface area contributed by atoms with Crippen LogP contribution in [0, 0.1) is 24.4 Å². The number of phenols is 1. The number of oxazole rings is 1. The van der Waals surface area contributed by atoms with Crippen molar-refractivity contribution in [3.63, 3.8) is 0 Å². The molecule has 1 aliphatic rings. The van der Waals surface area contributed by atoms with Crippen LogP contribution in [0.1, 0.15) is 11.5 Å². The number of benzene rings is 2. The summed E-state index contributed by atoms with van der Waals surface area (Å²) in [6.45, 7) is 3.51. The van der Waals surface area contributed by atoms with E-state index in [9.17, 15) is 23.1 Å². The third-order valence-corrected chi connectivity index (χ3v) is 5.29. The number of piperazine rings is 1. The van der Waals surface area contributed by atoms with Crippen LogP contribution in [-0.4, -0.2) is 47.2 Å².